The molecule has 2 rings (SSSR count). The third-order valence-corrected chi connectivity index (χ3v) is 3.75. The Kier molecular flexibility index (Phi) is 6.55. The third-order valence-electron chi connectivity index (χ3n) is 3.50. The molecule has 2 aromatic rings. The summed E-state index contributed by atoms with van der Waals surface area (Å²) in [5.74, 6) is 0.704. The van der Waals surface area contributed by atoms with Crippen molar-refractivity contribution in [2.45, 2.75) is 32.4 Å². The first-order valence-electron chi connectivity index (χ1n) is 7.50. The van der Waals surface area contributed by atoms with E-state index in [0.29, 0.717) is 31.0 Å². The summed E-state index contributed by atoms with van der Waals surface area (Å²) in [5, 5.41) is 11.6. The van der Waals surface area contributed by atoms with Crippen LogP contribution in [0.3, 0.4) is 0 Å². The van der Waals surface area contributed by atoms with Crippen LogP contribution in [0.2, 0.25) is 5.02 Å². The standard InChI is InChI=1S/C16H21ClN4O2/c1-12(16-20-18-11-21(16)9-10-23-2)19-15(22)8-5-13-3-6-14(17)7-4-13/h3-4,6-7,11-12H,5,8-10H2,1-2H3,(H,19,22)/t12-/m1/s1. The van der Waals surface area contributed by atoms with Crippen molar-refractivity contribution in [3.05, 3.63) is 47.0 Å². The molecule has 6 nitrogen and oxygen atoms in total. The Labute approximate surface area is 140 Å². The zero-order valence-electron chi connectivity index (χ0n) is 13.3. The lowest BCUT2D eigenvalue weighted by molar-refractivity contribution is -0.121. The second kappa shape index (κ2) is 8.64. The molecule has 0 spiro atoms. The number of aromatic nitrogens is 3. The quantitative estimate of drug-likeness (QED) is 0.803. The number of amides is 1. The predicted molar refractivity (Wildman–Crippen MR) is 88.2 cm³/mol. The Morgan fingerprint density at radius 1 is 1.39 bits per heavy atom. The van der Waals surface area contributed by atoms with E-state index in [-0.39, 0.29) is 11.9 Å². The monoisotopic (exact) mass is 336 g/mol. The van der Waals surface area contributed by atoms with E-state index >= 15 is 0 Å². The zero-order chi connectivity index (χ0) is 16.7. The molecule has 1 aromatic carbocycles. The second-order valence-corrected chi connectivity index (χ2v) is 5.73. The van der Waals surface area contributed by atoms with E-state index in [1.807, 2.05) is 35.8 Å². The summed E-state index contributed by atoms with van der Waals surface area (Å²) < 4.78 is 6.94. The molecule has 0 saturated carbocycles. The van der Waals surface area contributed by atoms with E-state index in [1.54, 1.807) is 13.4 Å². The molecule has 0 aliphatic rings. The molecule has 0 fully saturated rings. The van der Waals surface area contributed by atoms with Crippen LogP contribution in [0, 0.1) is 0 Å². The first kappa shape index (κ1) is 17.4. The van der Waals surface area contributed by atoms with Crippen LogP contribution in [0.5, 0.6) is 0 Å². The summed E-state index contributed by atoms with van der Waals surface area (Å²) in [5.41, 5.74) is 1.08. The van der Waals surface area contributed by atoms with Crippen molar-refractivity contribution in [1.29, 1.82) is 0 Å². The molecule has 1 aromatic heterocycles. The van der Waals surface area contributed by atoms with Gasteiger partial charge < -0.3 is 14.6 Å². The van der Waals surface area contributed by atoms with Gasteiger partial charge in [0.05, 0.1) is 12.6 Å². The topological polar surface area (TPSA) is 69.0 Å². The SMILES string of the molecule is COCCn1cnnc1[C@@H](C)NC(=O)CCc1ccc(Cl)cc1. The fourth-order valence-electron chi connectivity index (χ4n) is 2.25. The Morgan fingerprint density at radius 3 is 2.83 bits per heavy atom. The van der Waals surface area contributed by atoms with Crippen molar-refractivity contribution in [2.75, 3.05) is 13.7 Å². The average Bonchev–Trinajstić information content (AvgIpc) is 3.01. The summed E-state index contributed by atoms with van der Waals surface area (Å²) in [7, 11) is 1.64. The van der Waals surface area contributed by atoms with Gasteiger partial charge in [-0.15, -0.1) is 10.2 Å². The number of hydrogen-bond acceptors (Lipinski definition) is 4. The first-order chi connectivity index (χ1) is 11.1. The maximum absolute atomic E-state index is 12.1. The van der Waals surface area contributed by atoms with Crippen LogP contribution >= 0.6 is 11.6 Å². The molecule has 1 amide bonds. The average molecular weight is 337 g/mol. The highest BCUT2D eigenvalue weighted by Gasteiger charge is 2.15. The number of hydrogen-bond donors (Lipinski definition) is 1. The number of methoxy groups -OCH3 is 1. The number of halogens is 1. The van der Waals surface area contributed by atoms with Crippen molar-refractivity contribution < 1.29 is 9.53 Å². The van der Waals surface area contributed by atoms with Gasteiger partial charge >= 0.3 is 0 Å². The molecule has 1 atom stereocenters. The summed E-state index contributed by atoms with van der Waals surface area (Å²) >= 11 is 5.85. The van der Waals surface area contributed by atoms with Gasteiger partial charge in [0, 0.05) is 25.1 Å². The molecule has 0 saturated heterocycles. The van der Waals surface area contributed by atoms with E-state index in [9.17, 15) is 4.79 Å². The molecular weight excluding hydrogens is 316 g/mol. The van der Waals surface area contributed by atoms with Gasteiger partial charge in [0.25, 0.3) is 0 Å². The predicted octanol–water partition coefficient (Wildman–Crippen LogP) is 2.39. The van der Waals surface area contributed by atoms with Crippen LogP contribution in [0.25, 0.3) is 0 Å². The normalized spacial score (nSPS) is 12.1. The molecule has 0 aliphatic carbocycles. The lowest BCUT2D eigenvalue weighted by Crippen LogP contribution is -2.29. The van der Waals surface area contributed by atoms with Crippen molar-refractivity contribution in [1.82, 2.24) is 20.1 Å². The summed E-state index contributed by atoms with van der Waals surface area (Å²) in [6, 6.07) is 7.32. The van der Waals surface area contributed by atoms with Gasteiger partial charge in [-0.25, -0.2) is 0 Å². The molecule has 124 valence electrons. The van der Waals surface area contributed by atoms with Crippen molar-refractivity contribution in [3.8, 4) is 0 Å². The lowest BCUT2D eigenvalue weighted by Gasteiger charge is -2.14. The van der Waals surface area contributed by atoms with Crippen molar-refractivity contribution in [3.63, 3.8) is 0 Å². The first-order valence-corrected chi connectivity index (χ1v) is 7.88. The summed E-state index contributed by atoms with van der Waals surface area (Å²) in [6.45, 7) is 3.12. The summed E-state index contributed by atoms with van der Waals surface area (Å²) in [4.78, 5) is 12.1. The number of rotatable bonds is 8. The minimum absolute atomic E-state index is 0.0197. The second-order valence-electron chi connectivity index (χ2n) is 5.29. The highest BCUT2D eigenvalue weighted by molar-refractivity contribution is 6.30. The maximum Gasteiger partial charge on any atom is 0.220 e. The van der Waals surface area contributed by atoms with Crippen LogP contribution in [0.15, 0.2) is 30.6 Å². The van der Waals surface area contributed by atoms with E-state index in [2.05, 4.69) is 15.5 Å². The molecule has 1 N–H and O–H groups in total. The number of aryl methyl sites for hydroxylation is 1. The highest BCUT2D eigenvalue weighted by atomic mass is 35.5. The Morgan fingerprint density at radius 2 is 2.13 bits per heavy atom. The van der Waals surface area contributed by atoms with E-state index in [4.69, 9.17) is 16.3 Å². The van der Waals surface area contributed by atoms with Crippen LogP contribution < -0.4 is 5.32 Å². The number of nitrogens with one attached hydrogen (secondary N) is 1. The highest BCUT2D eigenvalue weighted by Crippen LogP contribution is 2.12. The van der Waals surface area contributed by atoms with Crippen LogP contribution in [0.4, 0.5) is 0 Å². The number of benzene rings is 1. The number of carbonyl (C=O) groups is 1. The van der Waals surface area contributed by atoms with Gasteiger partial charge in [-0.05, 0) is 31.0 Å². The molecule has 0 bridgehead atoms. The largest absolute Gasteiger partial charge is 0.383 e. The molecule has 7 heteroatoms. The Balaban J connectivity index is 1.84. The third kappa shape index (κ3) is 5.33. The van der Waals surface area contributed by atoms with Gasteiger partial charge in [-0.3, -0.25) is 4.79 Å². The van der Waals surface area contributed by atoms with Crippen LogP contribution in [0.1, 0.15) is 30.8 Å². The molecule has 0 unspecified atom stereocenters. The summed E-state index contributed by atoms with van der Waals surface area (Å²) in [6.07, 6.45) is 2.73. The maximum atomic E-state index is 12.1. The van der Waals surface area contributed by atoms with Gasteiger partial charge in [-0.1, -0.05) is 23.7 Å². The Bertz CT molecular complexity index is 627. The number of nitrogens with zero attached hydrogens (tertiary/aromatic N) is 3. The smallest absolute Gasteiger partial charge is 0.220 e. The molecule has 23 heavy (non-hydrogen) atoms. The fraction of sp³-hybridized carbons (Fsp3) is 0.438. The Hall–Kier alpha value is -1.92. The van der Waals surface area contributed by atoms with Gasteiger partial charge in [0.2, 0.25) is 5.91 Å². The molecule has 0 radical (unpaired) electrons. The molecule has 1 heterocycles. The zero-order valence-corrected chi connectivity index (χ0v) is 14.1. The minimum atomic E-state index is -0.202. The van der Waals surface area contributed by atoms with Gasteiger partial charge in [0.15, 0.2) is 5.82 Å². The number of carbonyl (C=O) groups excluding carboxylic acids is 1. The lowest BCUT2D eigenvalue weighted by atomic mass is 10.1. The van der Waals surface area contributed by atoms with Gasteiger partial charge in [-0.2, -0.15) is 0 Å². The minimum Gasteiger partial charge on any atom is -0.383 e. The van der Waals surface area contributed by atoms with Crippen molar-refractivity contribution >= 4 is 17.5 Å². The van der Waals surface area contributed by atoms with E-state index in [1.165, 1.54) is 0 Å². The molecular formula is C16H21ClN4O2. The fourth-order valence-corrected chi connectivity index (χ4v) is 2.37. The molecule has 0 aliphatic heterocycles. The van der Waals surface area contributed by atoms with Gasteiger partial charge in [0.1, 0.15) is 6.33 Å². The van der Waals surface area contributed by atoms with Crippen molar-refractivity contribution in [2.24, 2.45) is 0 Å². The van der Waals surface area contributed by atoms with E-state index in [0.717, 1.165) is 11.4 Å². The van der Waals surface area contributed by atoms with E-state index < -0.39 is 0 Å². The van der Waals surface area contributed by atoms with Crippen LogP contribution in [-0.4, -0.2) is 34.4 Å². The number of ether oxygens (including phenoxy) is 1. The van der Waals surface area contributed by atoms with Crippen LogP contribution in [-0.2, 0) is 22.5 Å².